The van der Waals surface area contributed by atoms with Crippen LogP contribution >= 0.6 is 22.6 Å². The van der Waals surface area contributed by atoms with Gasteiger partial charge < -0.3 is 10.2 Å². The van der Waals surface area contributed by atoms with Gasteiger partial charge in [0.1, 0.15) is 11.5 Å². The summed E-state index contributed by atoms with van der Waals surface area (Å²) in [5.74, 6) is -0.183. The summed E-state index contributed by atoms with van der Waals surface area (Å²) in [4.78, 5) is 10.3. The highest BCUT2D eigenvalue weighted by atomic mass is 127. The van der Waals surface area contributed by atoms with Crippen LogP contribution in [-0.4, -0.2) is 16.5 Å². The number of halogens is 1. The summed E-state index contributed by atoms with van der Waals surface area (Å²) in [5, 5.41) is 18.0. The lowest BCUT2D eigenvalue weighted by atomic mass is 10.2. The van der Waals surface area contributed by atoms with E-state index in [2.05, 4.69) is 0 Å². The van der Waals surface area contributed by atoms with Gasteiger partial charge in [0.25, 0.3) is 0 Å². The minimum absolute atomic E-state index is 0.0762. The highest BCUT2D eigenvalue weighted by Gasteiger charge is 2.05. The summed E-state index contributed by atoms with van der Waals surface area (Å²) in [6.07, 6.45) is 0.585. The Hall–Kier alpha value is -0.780. The second kappa shape index (κ2) is 3.08. The van der Waals surface area contributed by atoms with Crippen LogP contribution in [0, 0.1) is 3.57 Å². The van der Waals surface area contributed by atoms with Crippen LogP contribution in [-0.2, 0) is 0 Å². The van der Waals surface area contributed by atoms with E-state index in [9.17, 15) is 4.79 Å². The monoisotopic (exact) mass is 264 g/mol. The molecule has 58 valence electrons. The first-order valence-corrected chi connectivity index (χ1v) is 3.89. The van der Waals surface area contributed by atoms with Crippen molar-refractivity contribution in [2.24, 2.45) is 0 Å². The van der Waals surface area contributed by atoms with Gasteiger partial charge in [-0.05, 0) is 28.7 Å². The van der Waals surface area contributed by atoms with Crippen LogP contribution in [0.25, 0.3) is 0 Å². The first kappa shape index (κ1) is 8.32. The molecule has 0 aliphatic carbocycles. The maximum atomic E-state index is 10.3. The molecule has 3 nitrogen and oxygen atoms in total. The number of rotatable bonds is 1. The largest absolute Gasteiger partial charge is 0.508 e. The van der Waals surface area contributed by atoms with Crippen LogP contribution in [0.3, 0.4) is 0 Å². The maximum absolute atomic E-state index is 10.3. The van der Waals surface area contributed by atoms with Gasteiger partial charge in [-0.2, -0.15) is 0 Å². The van der Waals surface area contributed by atoms with Gasteiger partial charge in [0, 0.05) is 11.6 Å². The van der Waals surface area contributed by atoms with Crippen molar-refractivity contribution in [3.63, 3.8) is 0 Å². The van der Waals surface area contributed by atoms with E-state index in [1.807, 2.05) is 22.6 Å². The number of aldehydes is 1. The zero-order valence-corrected chi connectivity index (χ0v) is 7.57. The summed E-state index contributed by atoms with van der Waals surface area (Å²) in [6, 6.07) is 2.49. The molecule has 0 saturated carbocycles. The fraction of sp³-hybridized carbons (Fsp3) is 0. The Morgan fingerprint density at radius 3 is 2.55 bits per heavy atom. The second-order valence-corrected chi connectivity index (χ2v) is 3.06. The van der Waals surface area contributed by atoms with Gasteiger partial charge in [-0.1, -0.05) is 0 Å². The number of hydrogen-bond donors (Lipinski definition) is 2. The SMILES string of the molecule is O=Cc1cc(O)cc(O)c1I. The van der Waals surface area contributed by atoms with Gasteiger partial charge >= 0.3 is 0 Å². The van der Waals surface area contributed by atoms with Crippen LogP contribution in [0.15, 0.2) is 12.1 Å². The molecule has 0 bridgehead atoms. The number of phenolic OH excluding ortho intramolecular Hbond substituents is 2. The summed E-state index contributed by atoms with van der Waals surface area (Å²) in [5.41, 5.74) is 0.295. The van der Waals surface area contributed by atoms with E-state index in [0.717, 1.165) is 0 Å². The third-order valence-electron chi connectivity index (χ3n) is 1.19. The Labute approximate surface area is 76.8 Å². The van der Waals surface area contributed by atoms with E-state index in [0.29, 0.717) is 15.4 Å². The summed E-state index contributed by atoms with van der Waals surface area (Å²) < 4.78 is 0.454. The fourth-order valence-electron chi connectivity index (χ4n) is 0.701. The highest BCUT2D eigenvalue weighted by molar-refractivity contribution is 14.1. The number of hydrogen-bond acceptors (Lipinski definition) is 3. The zero-order valence-electron chi connectivity index (χ0n) is 5.41. The molecule has 0 aliphatic rings. The molecule has 0 aliphatic heterocycles. The second-order valence-electron chi connectivity index (χ2n) is 1.99. The Kier molecular flexibility index (Phi) is 2.33. The van der Waals surface area contributed by atoms with Crippen LogP contribution in [0.5, 0.6) is 11.5 Å². The van der Waals surface area contributed by atoms with Gasteiger partial charge in [0.05, 0.1) is 3.57 Å². The minimum atomic E-state index is -0.106. The van der Waals surface area contributed by atoms with E-state index in [4.69, 9.17) is 10.2 Å². The highest BCUT2D eigenvalue weighted by Crippen LogP contribution is 2.27. The molecule has 0 fully saturated rings. The molecule has 1 aromatic carbocycles. The summed E-state index contributed by atoms with van der Waals surface area (Å²) in [7, 11) is 0. The van der Waals surface area contributed by atoms with Gasteiger partial charge in [-0.15, -0.1) is 0 Å². The van der Waals surface area contributed by atoms with Crippen molar-refractivity contribution in [1.29, 1.82) is 0 Å². The van der Waals surface area contributed by atoms with Crippen molar-refractivity contribution in [3.05, 3.63) is 21.3 Å². The first-order valence-electron chi connectivity index (χ1n) is 2.82. The molecule has 0 atom stereocenters. The van der Waals surface area contributed by atoms with Crippen molar-refractivity contribution in [3.8, 4) is 11.5 Å². The van der Waals surface area contributed by atoms with E-state index in [1.54, 1.807) is 0 Å². The third kappa shape index (κ3) is 1.62. The fourth-order valence-corrected chi connectivity index (χ4v) is 1.14. The standard InChI is InChI=1S/C7H5IO3/c8-7-4(3-9)1-5(10)2-6(7)11/h1-3,10-11H. The lowest BCUT2D eigenvalue weighted by molar-refractivity contribution is 0.112. The number of carbonyl (C=O) groups excluding carboxylic acids is 1. The summed E-state index contributed by atoms with van der Waals surface area (Å²) >= 11 is 1.83. The lowest BCUT2D eigenvalue weighted by Gasteiger charge is -2.00. The third-order valence-corrected chi connectivity index (χ3v) is 2.37. The topological polar surface area (TPSA) is 57.5 Å². The molecular formula is C7H5IO3. The average molecular weight is 264 g/mol. The Bertz CT molecular complexity index is 296. The molecule has 11 heavy (non-hydrogen) atoms. The Morgan fingerprint density at radius 2 is 2.00 bits per heavy atom. The van der Waals surface area contributed by atoms with E-state index in [-0.39, 0.29) is 11.5 Å². The van der Waals surface area contributed by atoms with E-state index < -0.39 is 0 Å². The average Bonchev–Trinajstić information content (AvgIpc) is 1.96. The summed E-state index contributed by atoms with van der Waals surface area (Å²) in [6.45, 7) is 0. The molecule has 0 unspecified atom stereocenters. The molecule has 0 radical (unpaired) electrons. The van der Waals surface area contributed by atoms with Gasteiger partial charge in [0.2, 0.25) is 0 Å². The lowest BCUT2D eigenvalue weighted by Crippen LogP contribution is -1.85. The molecule has 0 spiro atoms. The zero-order chi connectivity index (χ0) is 8.43. The quantitative estimate of drug-likeness (QED) is 0.597. The Balaban J connectivity index is 3.35. The molecule has 0 aromatic heterocycles. The van der Waals surface area contributed by atoms with E-state index in [1.165, 1.54) is 12.1 Å². The molecule has 0 amide bonds. The van der Waals surface area contributed by atoms with Crippen molar-refractivity contribution in [1.82, 2.24) is 0 Å². The van der Waals surface area contributed by atoms with Crippen molar-refractivity contribution in [2.45, 2.75) is 0 Å². The molecular weight excluding hydrogens is 259 g/mol. The van der Waals surface area contributed by atoms with Crippen LogP contribution in [0.2, 0.25) is 0 Å². The molecule has 1 aromatic rings. The van der Waals surface area contributed by atoms with Crippen LogP contribution in [0.1, 0.15) is 10.4 Å². The molecule has 1 rings (SSSR count). The van der Waals surface area contributed by atoms with E-state index >= 15 is 0 Å². The number of benzene rings is 1. The van der Waals surface area contributed by atoms with Crippen LogP contribution in [0.4, 0.5) is 0 Å². The van der Waals surface area contributed by atoms with Gasteiger partial charge in [-0.25, -0.2) is 0 Å². The maximum Gasteiger partial charge on any atom is 0.151 e. The molecule has 4 heteroatoms. The number of phenols is 2. The number of carbonyl (C=O) groups is 1. The smallest absolute Gasteiger partial charge is 0.151 e. The normalized spacial score (nSPS) is 9.55. The predicted molar refractivity (Wildman–Crippen MR) is 47.9 cm³/mol. The molecule has 0 heterocycles. The Morgan fingerprint density at radius 1 is 1.36 bits per heavy atom. The first-order chi connectivity index (χ1) is 5.15. The minimum Gasteiger partial charge on any atom is -0.508 e. The van der Waals surface area contributed by atoms with Crippen molar-refractivity contribution in [2.75, 3.05) is 0 Å². The van der Waals surface area contributed by atoms with Crippen LogP contribution < -0.4 is 0 Å². The van der Waals surface area contributed by atoms with Gasteiger partial charge in [-0.3, -0.25) is 4.79 Å². The molecule has 2 N–H and O–H groups in total. The van der Waals surface area contributed by atoms with Crippen molar-refractivity contribution >= 4 is 28.9 Å². The van der Waals surface area contributed by atoms with Crippen molar-refractivity contribution < 1.29 is 15.0 Å². The predicted octanol–water partition coefficient (Wildman–Crippen LogP) is 1.51. The van der Waals surface area contributed by atoms with Gasteiger partial charge in [0.15, 0.2) is 6.29 Å². The molecule has 0 saturated heterocycles. The number of aromatic hydroxyl groups is 2.